The number of para-hydroxylation sites is 1. The second-order valence-electron chi connectivity index (χ2n) is 7.31. The van der Waals surface area contributed by atoms with Crippen LogP contribution in [-0.2, 0) is 16.0 Å². The third-order valence-electron chi connectivity index (χ3n) is 5.40. The predicted octanol–water partition coefficient (Wildman–Crippen LogP) is 3.34. The van der Waals surface area contributed by atoms with E-state index in [-0.39, 0.29) is 41.8 Å². The van der Waals surface area contributed by atoms with Crippen LogP contribution in [0.4, 0.5) is 0 Å². The Morgan fingerprint density at radius 2 is 2.18 bits per heavy atom. The van der Waals surface area contributed by atoms with Crippen molar-refractivity contribution in [2.45, 2.75) is 27.2 Å². The number of carbonyl (C=O) groups is 1. The molecule has 2 N–H and O–H groups in total. The third-order valence-corrected chi connectivity index (χ3v) is 5.40. The topological polar surface area (TPSA) is 69.7 Å². The van der Waals surface area contributed by atoms with E-state index in [2.05, 4.69) is 60.4 Å². The van der Waals surface area contributed by atoms with Crippen LogP contribution in [0.3, 0.4) is 0 Å². The molecule has 2 heterocycles. The van der Waals surface area contributed by atoms with Crippen molar-refractivity contribution in [1.82, 2.24) is 15.2 Å². The van der Waals surface area contributed by atoms with E-state index in [1.807, 2.05) is 0 Å². The number of benzene rings is 1. The Kier molecular flexibility index (Phi) is 8.15. The molecule has 1 aliphatic rings. The summed E-state index contributed by atoms with van der Waals surface area (Å²) in [6.45, 7) is 9.27. The number of nitrogens with one attached hydrogen (secondary N) is 2. The van der Waals surface area contributed by atoms with Gasteiger partial charge in [-0.1, -0.05) is 25.1 Å². The Bertz CT molecular complexity index is 833. The minimum atomic E-state index is -0.130. The molecule has 2 atom stereocenters. The van der Waals surface area contributed by atoms with Gasteiger partial charge in [0.2, 0.25) is 0 Å². The van der Waals surface area contributed by atoms with Gasteiger partial charge in [0.15, 0.2) is 5.96 Å². The van der Waals surface area contributed by atoms with Gasteiger partial charge in [-0.15, -0.1) is 24.0 Å². The van der Waals surface area contributed by atoms with Gasteiger partial charge in [-0.3, -0.25) is 9.79 Å². The number of aromatic nitrogens is 1. The van der Waals surface area contributed by atoms with Crippen LogP contribution in [0.25, 0.3) is 10.9 Å². The van der Waals surface area contributed by atoms with Crippen LogP contribution in [-0.4, -0.2) is 55.1 Å². The highest BCUT2D eigenvalue weighted by molar-refractivity contribution is 14.0. The summed E-state index contributed by atoms with van der Waals surface area (Å²) < 4.78 is 4.94. The smallest absolute Gasteiger partial charge is 0.310 e. The molecule has 1 aromatic heterocycles. The number of halogens is 1. The Labute approximate surface area is 184 Å². The lowest BCUT2D eigenvalue weighted by atomic mass is 9.99. The first-order valence-corrected chi connectivity index (χ1v) is 9.71. The van der Waals surface area contributed by atoms with Gasteiger partial charge in [0, 0.05) is 43.3 Å². The molecule has 0 saturated carbocycles. The maximum Gasteiger partial charge on any atom is 0.310 e. The zero-order chi connectivity index (χ0) is 19.4. The van der Waals surface area contributed by atoms with Crippen molar-refractivity contribution in [2.24, 2.45) is 16.8 Å². The van der Waals surface area contributed by atoms with Crippen LogP contribution >= 0.6 is 24.0 Å². The van der Waals surface area contributed by atoms with Crippen LogP contribution in [0.15, 0.2) is 29.4 Å². The average Bonchev–Trinajstić information content (AvgIpc) is 3.25. The van der Waals surface area contributed by atoms with E-state index in [1.54, 1.807) is 0 Å². The lowest BCUT2D eigenvalue weighted by Crippen LogP contribution is -2.40. The maximum atomic E-state index is 12.0. The van der Waals surface area contributed by atoms with Gasteiger partial charge < -0.3 is 19.9 Å². The molecule has 1 aromatic carbocycles. The summed E-state index contributed by atoms with van der Waals surface area (Å²) in [4.78, 5) is 22.3. The molecule has 1 saturated heterocycles. The van der Waals surface area contributed by atoms with E-state index < -0.39 is 0 Å². The highest BCUT2D eigenvalue weighted by atomic mass is 127. The SMILES string of the molecule is CCNC(=NCCc1c[nH]c2c(C)cccc12)N1CC(C)C(C(=O)OC)C1.I. The number of carbonyl (C=O) groups excluding carboxylic acids is 1. The summed E-state index contributed by atoms with van der Waals surface area (Å²) in [5.41, 5.74) is 3.75. The van der Waals surface area contributed by atoms with Crippen molar-refractivity contribution in [3.05, 3.63) is 35.5 Å². The number of nitrogens with zero attached hydrogens (tertiary/aromatic N) is 2. The summed E-state index contributed by atoms with van der Waals surface area (Å²) in [6.07, 6.45) is 2.97. The molecule has 154 valence electrons. The molecule has 1 fully saturated rings. The molecule has 2 aromatic rings. The normalized spacial score (nSPS) is 19.6. The molecule has 0 spiro atoms. The molecular weight excluding hydrogens is 467 g/mol. The van der Waals surface area contributed by atoms with E-state index in [1.165, 1.54) is 29.1 Å². The summed E-state index contributed by atoms with van der Waals surface area (Å²) >= 11 is 0. The highest BCUT2D eigenvalue weighted by Crippen LogP contribution is 2.24. The number of ether oxygens (including phenoxy) is 1. The molecule has 3 rings (SSSR count). The van der Waals surface area contributed by atoms with Crippen LogP contribution in [0.5, 0.6) is 0 Å². The monoisotopic (exact) mass is 498 g/mol. The molecule has 7 heteroatoms. The van der Waals surface area contributed by atoms with Crippen molar-refractivity contribution in [3.8, 4) is 0 Å². The number of aliphatic imine (C=N–C) groups is 1. The zero-order valence-electron chi connectivity index (χ0n) is 17.1. The number of hydrogen-bond donors (Lipinski definition) is 2. The first kappa shape index (κ1) is 22.5. The van der Waals surface area contributed by atoms with Gasteiger partial charge >= 0.3 is 5.97 Å². The van der Waals surface area contributed by atoms with Gasteiger partial charge in [0.05, 0.1) is 13.0 Å². The van der Waals surface area contributed by atoms with E-state index >= 15 is 0 Å². The number of aromatic amines is 1. The van der Waals surface area contributed by atoms with Gasteiger partial charge in [-0.25, -0.2) is 0 Å². The standard InChI is InChI=1S/C21H30N4O2.HI/c1-5-22-21(25-12-15(3)18(13-25)20(26)27-4)23-10-9-16-11-24-19-14(2)7-6-8-17(16)19;/h6-8,11,15,18,24H,5,9-10,12-13H2,1-4H3,(H,22,23);1H. The highest BCUT2D eigenvalue weighted by Gasteiger charge is 2.36. The first-order valence-electron chi connectivity index (χ1n) is 9.71. The number of rotatable bonds is 5. The molecule has 0 amide bonds. The molecular formula is C21H31IN4O2. The van der Waals surface area contributed by atoms with Crippen molar-refractivity contribution in [1.29, 1.82) is 0 Å². The minimum absolute atomic E-state index is 0. The quantitative estimate of drug-likeness (QED) is 0.287. The van der Waals surface area contributed by atoms with Gasteiger partial charge in [0.1, 0.15) is 0 Å². The van der Waals surface area contributed by atoms with Crippen LogP contribution < -0.4 is 5.32 Å². The third kappa shape index (κ3) is 4.79. The summed E-state index contributed by atoms with van der Waals surface area (Å²) in [7, 11) is 1.46. The average molecular weight is 498 g/mol. The molecule has 6 nitrogen and oxygen atoms in total. The Morgan fingerprint density at radius 1 is 1.39 bits per heavy atom. The fourth-order valence-electron chi connectivity index (χ4n) is 3.88. The Hall–Kier alpha value is -1.77. The number of likely N-dealkylation sites (tertiary alicyclic amines) is 1. The lowest BCUT2D eigenvalue weighted by Gasteiger charge is -2.21. The van der Waals surface area contributed by atoms with Gasteiger partial charge in [0.25, 0.3) is 0 Å². The molecule has 28 heavy (non-hydrogen) atoms. The largest absolute Gasteiger partial charge is 0.469 e. The fraction of sp³-hybridized carbons (Fsp3) is 0.524. The van der Waals surface area contributed by atoms with Crippen molar-refractivity contribution in [2.75, 3.05) is 33.3 Å². The summed E-state index contributed by atoms with van der Waals surface area (Å²) in [6, 6.07) is 6.38. The molecule has 0 bridgehead atoms. The number of hydrogen-bond acceptors (Lipinski definition) is 3. The van der Waals surface area contributed by atoms with E-state index in [0.717, 1.165) is 25.5 Å². The fourth-order valence-corrected chi connectivity index (χ4v) is 3.88. The van der Waals surface area contributed by atoms with Crippen LogP contribution in [0.2, 0.25) is 0 Å². The second-order valence-corrected chi connectivity index (χ2v) is 7.31. The zero-order valence-corrected chi connectivity index (χ0v) is 19.4. The van der Waals surface area contributed by atoms with Gasteiger partial charge in [-0.2, -0.15) is 0 Å². The number of fused-ring (bicyclic) bond motifs is 1. The predicted molar refractivity (Wildman–Crippen MR) is 124 cm³/mol. The minimum Gasteiger partial charge on any atom is -0.469 e. The summed E-state index contributed by atoms with van der Waals surface area (Å²) in [5, 5.41) is 4.64. The number of H-pyrrole nitrogens is 1. The van der Waals surface area contributed by atoms with E-state index in [0.29, 0.717) is 13.1 Å². The number of aryl methyl sites for hydroxylation is 1. The van der Waals surface area contributed by atoms with Crippen molar-refractivity contribution in [3.63, 3.8) is 0 Å². The molecule has 2 unspecified atom stereocenters. The first-order chi connectivity index (χ1) is 13.0. The Balaban J connectivity index is 0.00000280. The number of methoxy groups -OCH3 is 1. The number of guanidine groups is 1. The van der Waals surface area contributed by atoms with Crippen LogP contribution in [0, 0.1) is 18.8 Å². The van der Waals surface area contributed by atoms with E-state index in [9.17, 15) is 4.79 Å². The molecule has 1 aliphatic heterocycles. The van der Waals surface area contributed by atoms with Crippen molar-refractivity contribution >= 4 is 46.8 Å². The Morgan fingerprint density at radius 3 is 2.89 bits per heavy atom. The lowest BCUT2D eigenvalue weighted by molar-refractivity contribution is -0.145. The molecule has 0 aliphatic carbocycles. The second kappa shape index (κ2) is 10.1. The maximum absolute atomic E-state index is 12.0. The van der Waals surface area contributed by atoms with Crippen LogP contribution in [0.1, 0.15) is 25.0 Å². The molecule has 0 radical (unpaired) electrons. The summed E-state index contributed by atoms with van der Waals surface area (Å²) in [5.74, 6) is 0.926. The van der Waals surface area contributed by atoms with Gasteiger partial charge in [-0.05, 0) is 37.3 Å². The number of esters is 1. The van der Waals surface area contributed by atoms with E-state index in [4.69, 9.17) is 9.73 Å². The van der Waals surface area contributed by atoms with Crippen molar-refractivity contribution < 1.29 is 9.53 Å².